The maximum absolute atomic E-state index is 13.2. The highest BCUT2D eigenvalue weighted by Gasteiger charge is 2.31. The van der Waals surface area contributed by atoms with Crippen LogP contribution in [0.2, 0.25) is 0 Å². The second-order valence-corrected chi connectivity index (χ2v) is 36.2. The molecule has 648 valence electrons. The summed E-state index contributed by atoms with van der Waals surface area (Å²) in [6.45, 7) is 12.1. The molecule has 0 saturated carbocycles. The SMILES string of the molecule is CCCCCCCCCCCCCCCCCCCCCCCC(=O)O[C@H](COC(=O)CCCCCCCCCCCCCCCCC(C)CC)COP(=O)(O)OC[C@@H](O)COP(=O)(O)OC[C@@H](COC(=O)CCCCCCCCCCCC(C)C)OC(=O)CCCCCCCCCCCCCCCCC(C)CC. The molecule has 0 aliphatic rings. The molecule has 0 heterocycles. The Balaban J connectivity index is 5.26. The third-order valence-electron chi connectivity index (χ3n) is 21.9. The molecule has 0 radical (unpaired) electrons. The molecule has 17 nitrogen and oxygen atoms in total. The fourth-order valence-electron chi connectivity index (χ4n) is 14.0. The number of aliphatic hydroxyl groups is 1. The number of unbranched alkanes of at least 4 members (excludes halogenated alkanes) is 54. The molecule has 0 spiro atoms. The van der Waals surface area contributed by atoms with Crippen LogP contribution in [0.1, 0.15) is 479 Å². The van der Waals surface area contributed by atoms with Crippen molar-refractivity contribution in [2.75, 3.05) is 39.6 Å². The number of hydrogen-bond donors (Lipinski definition) is 3. The van der Waals surface area contributed by atoms with Crippen LogP contribution >= 0.6 is 15.6 Å². The van der Waals surface area contributed by atoms with Gasteiger partial charge < -0.3 is 33.8 Å². The van der Waals surface area contributed by atoms with E-state index in [9.17, 15) is 43.2 Å². The van der Waals surface area contributed by atoms with E-state index >= 15 is 0 Å². The predicted molar refractivity (Wildman–Crippen MR) is 451 cm³/mol. The molecule has 0 aliphatic carbocycles. The Labute approximate surface area is 670 Å². The van der Waals surface area contributed by atoms with Crippen LogP contribution in [-0.4, -0.2) is 96.7 Å². The lowest BCUT2D eigenvalue weighted by Gasteiger charge is -2.21. The van der Waals surface area contributed by atoms with Crippen LogP contribution in [0.15, 0.2) is 0 Å². The molecule has 0 saturated heterocycles. The molecule has 109 heavy (non-hydrogen) atoms. The summed E-state index contributed by atoms with van der Waals surface area (Å²) in [5.41, 5.74) is 0. The van der Waals surface area contributed by atoms with Crippen LogP contribution in [0.5, 0.6) is 0 Å². The number of phosphoric ester groups is 2. The van der Waals surface area contributed by atoms with Gasteiger partial charge in [0.15, 0.2) is 12.2 Å². The standard InChI is InChI=1S/C90H176O17P2/c1-8-11-12-13-14-15-16-17-18-19-20-21-22-23-24-32-37-44-52-59-66-73-89(94)106-85(77-100-87(92)71-64-57-50-43-36-31-27-25-29-34-41-48-55-62-69-82(6)9-2)79-104-108(96,97)102-75-84(91)76-103-109(98,99)105-80-86(78-101-88(93)72-65-58-51-46-39-40-47-54-61-68-81(4)5)107-90(95)74-67-60-53-45-38-33-28-26-30-35-42-49-56-63-70-83(7)10-3/h81-86,91H,8-80H2,1-7H3,(H,96,97)(H,98,99)/t82?,83?,84-,85-,86-/m1/s1. The first kappa shape index (κ1) is 107. The molecular weight excluding hydrogens is 1410 g/mol. The molecule has 7 atom stereocenters. The van der Waals surface area contributed by atoms with Crippen molar-refractivity contribution >= 4 is 39.5 Å². The molecule has 4 unspecified atom stereocenters. The van der Waals surface area contributed by atoms with E-state index in [4.69, 9.17) is 37.0 Å². The van der Waals surface area contributed by atoms with E-state index < -0.39 is 97.5 Å². The quantitative estimate of drug-likeness (QED) is 0.0222. The Hall–Kier alpha value is -1.94. The highest BCUT2D eigenvalue weighted by Crippen LogP contribution is 2.45. The largest absolute Gasteiger partial charge is 0.472 e. The molecule has 3 N–H and O–H groups in total. The number of rotatable bonds is 88. The summed E-state index contributed by atoms with van der Waals surface area (Å²) >= 11 is 0. The molecular formula is C90H176O17P2. The zero-order valence-electron chi connectivity index (χ0n) is 72.0. The average molecular weight is 1590 g/mol. The van der Waals surface area contributed by atoms with E-state index in [1.165, 1.54) is 289 Å². The predicted octanol–water partition coefficient (Wildman–Crippen LogP) is 27.6. The van der Waals surface area contributed by atoms with Gasteiger partial charge in [0.2, 0.25) is 0 Å². The van der Waals surface area contributed by atoms with Gasteiger partial charge in [0.1, 0.15) is 19.3 Å². The third kappa shape index (κ3) is 81.0. The van der Waals surface area contributed by atoms with Crippen molar-refractivity contribution in [1.82, 2.24) is 0 Å². The van der Waals surface area contributed by atoms with Crippen LogP contribution < -0.4 is 0 Å². The lowest BCUT2D eigenvalue weighted by atomic mass is 9.99. The first-order chi connectivity index (χ1) is 52.8. The van der Waals surface area contributed by atoms with Gasteiger partial charge in [-0.1, -0.05) is 427 Å². The van der Waals surface area contributed by atoms with E-state index in [0.717, 1.165) is 108 Å². The molecule has 0 rings (SSSR count). The van der Waals surface area contributed by atoms with Crippen molar-refractivity contribution in [1.29, 1.82) is 0 Å². The van der Waals surface area contributed by atoms with Crippen LogP contribution in [0.4, 0.5) is 0 Å². The number of carbonyl (C=O) groups excluding carboxylic acids is 4. The Kier molecular flexibility index (Phi) is 78.5. The number of aliphatic hydroxyl groups excluding tert-OH is 1. The van der Waals surface area contributed by atoms with Crippen LogP contribution in [0.25, 0.3) is 0 Å². The minimum atomic E-state index is -4.97. The lowest BCUT2D eigenvalue weighted by Crippen LogP contribution is -2.30. The van der Waals surface area contributed by atoms with Gasteiger partial charge >= 0.3 is 39.5 Å². The molecule has 0 bridgehead atoms. The van der Waals surface area contributed by atoms with Crippen molar-refractivity contribution in [2.45, 2.75) is 497 Å². The number of hydrogen-bond acceptors (Lipinski definition) is 15. The fraction of sp³-hybridized carbons (Fsp3) is 0.956. The van der Waals surface area contributed by atoms with E-state index in [2.05, 4.69) is 48.5 Å². The maximum atomic E-state index is 13.2. The summed E-state index contributed by atoms with van der Waals surface area (Å²) in [5, 5.41) is 10.7. The van der Waals surface area contributed by atoms with Gasteiger partial charge in [-0.05, 0) is 43.4 Å². The minimum Gasteiger partial charge on any atom is -0.462 e. The Morgan fingerprint density at radius 3 is 0.697 bits per heavy atom. The second-order valence-electron chi connectivity index (χ2n) is 33.3. The highest BCUT2D eigenvalue weighted by molar-refractivity contribution is 7.47. The summed E-state index contributed by atoms with van der Waals surface area (Å²) in [6.07, 6.45) is 72.1. The van der Waals surface area contributed by atoms with Gasteiger partial charge in [-0.25, -0.2) is 9.13 Å². The number of carbonyl (C=O) groups is 4. The zero-order valence-corrected chi connectivity index (χ0v) is 73.8. The van der Waals surface area contributed by atoms with Crippen molar-refractivity contribution in [3.63, 3.8) is 0 Å². The van der Waals surface area contributed by atoms with Gasteiger partial charge in [0, 0.05) is 25.7 Å². The van der Waals surface area contributed by atoms with Gasteiger partial charge in [-0.15, -0.1) is 0 Å². The van der Waals surface area contributed by atoms with E-state index in [0.29, 0.717) is 25.7 Å². The molecule has 0 aromatic rings. The minimum absolute atomic E-state index is 0.107. The molecule has 19 heteroatoms. The second kappa shape index (κ2) is 79.9. The fourth-order valence-corrected chi connectivity index (χ4v) is 15.6. The Morgan fingerprint density at radius 2 is 0.468 bits per heavy atom. The monoisotopic (exact) mass is 1590 g/mol. The first-order valence-corrected chi connectivity index (χ1v) is 49.4. The van der Waals surface area contributed by atoms with Crippen molar-refractivity contribution < 1.29 is 80.2 Å². The zero-order chi connectivity index (χ0) is 80.0. The molecule has 0 fully saturated rings. The molecule has 0 aliphatic heterocycles. The Morgan fingerprint density at radius 1 is 0.266 bits per heavy atom. The number of phosphoric acid groups is 2. The van der Waals surface area contributed by atoms with Crippen LogP contribution in [0, 0.1) is 17.8 Å². The number of ether oxygens (including phenoxy) is 4. The van der Waals surface area contributed by atoms with Crippen molar-refractivity contribution in [3.8, 4) is 0 Å². The van der Waals surface area contributed by atoms with Gasteiger partial charge in [-0.2, -0.15) is 0 Å². The number of esters is 4. The summed E-state index contributed by atoms with van der Waals surface area (Å²) in [4.78, 5) is 73.4. The molecule has 0 aromatic heterocycles. The van der Waals surface area contributed by atoms with Crippen LogP contribution in [0.3, 0.4) is 0 Å². The lowest BCUT2D eigenvalue weighted by molar-refractivity contribution is -0.161. The van der Waals surface area contributed by atoms with E-state index in [1.807, 2.05) is 0 Å². The van der Waals surface area contributed by atoms with E-state index in [1.54, 1.807) is 0 Å². The van der Waals surface area contributed by atoms with Gasteiger partial charge in [-0.3, -0.25) is 37.3 Å². The van der Waals surface area contributed by atoms with Gasteiger partial charge in [0.25, 0.3) is 0 Å². The van der Waals surface area contributed by atoms with Crippen molar-refractivity contribution in [3.05, 3.63) is 0 Å². The maximum Gasteiger partial charge on any atom is 0.472 e. The third-order valence-corrected chi connectivity index (χ3v) is 23.8. The van der Waals surface area contributed by atoms with Crippen molar-refractivity contribution in [2.24, 2.45) is 17.8 Å². The summed E-state index contributed by atoms with van der Waals surface area (Å²) in [7, 11) is -9.94. The van der Waals surface area contributed by atoms with E-state index in [-0.39, 0.29) is 25.7 Å². The molecule has 0 aromatic carbocycles. The summed E-state index contributed by atoms with van der Waals surface area (Å²) in [6, 6.07) is 0. The molecule has 0 amide bonds. The topological polar surface area (TPSA) is 237 Å². The highest BCUT2D eigenvalue weighted by atomic mass is 31.2. The summed E-state index contributed by atoms with van der Waals surface area (Å²) < 4.78 is 69.1. The normalized spacial score (nSPS) is 14.3. The Bertz CT molecular complexity index is 2100. The van der Waals surface area contributed by atoms with Gasteiger partial charge in [0.05, 0.1) is 26.4 Å². The smallest absolute Gasteiger partial charge is 0.462 e. The van der Waals surface area contributed by atoms with Crippen LogP contribution in [-0.2, 0) is 65.4 Å². The average Bonchev–Trinajstić information content (AvgIpc) is 0.910. The first-order valence-electron chi connectivity index (χ1n) is 46.4. The summed E-state index contributed by atoms with van der Waals surface area (Å²) in [5.74, 6) is 0.340.